The van der Waals surface area contributed by atoms with Crippen molar-refractivity contribution in [2.75, 3.05) is 19.7 Å². The Morgan fingerprint density at radius 1 is 1.36 bits per heavy atom. The van der Waals surface area contributed by atoms with E-state index in [1.165, 1.54) is 12.8 Å². The van der Waals surface area contributed by atoms with Gasteiger partial charge < -0.3 is 19.5 Å². The van der Waals surface area contributed by atoms with Crippen molar-refractivity contribution in [3.8, 4) is 0 Å². The third kappa shape index (κ3) is 5.05. The second kappa shape index (κ2) is 8.81. The summed E-state index contributed by atoms with van der Waals surface area (Å²) in [5.41, 5.74) is 1.12. The van der Waals surface area contributed by atoms with Gasteiger partial charge in [0.15, 0.2) is 0 Å². The van der Waals surface area contributed by atoms with Gasteiger partial charge in [-0.15, -0.1) is 0 Å². The average molecular weight is 348 g/mol. The molecule has 2 fully saturated rings. The highest BCUT2D eigenvalue weighted by atomic mass is 16.5. The average Bonchev–Trinajstić information content (AvgIpc) is 2.84. The number of hydrogen-bond donors (Lipinski definition) is 1. The van der Waals surface area contributed by atoms with E-state index >= 15 is 0 Å². The van der Waals surface area contributed by atoms with Gasteiger partial charge >= 0.3 is 0 Å². The number of aryl methyl sites for hydroxylation is 1. The largest absolute Gasteiger partial charge is 0.372 e. The molecule has 2 aliphatic rings. The molecule has 1 aromatic heterocycles. The van der Waals surface area contributed by atoms with Crippen molar-refractivity contribution in [2.45, 2.75) is 70.1 Å². The van der Waals surface area contributed by atoms with Crippen molar-refractivity contribution in [1.29, 1.82) is 0 Å². The first-order valence-electron chi connectivity index (χ1n) is 9.75. The van der Waals surface area contributed by atoms with Gasteiger partial charge in [0.25, 0.3) is 0 Å². The highest BCUT2D eigenvalue weighted by molar-refractivity contribution is 5.76. The van der Waals surface area contributed by atoms with E-state index in [-0.39, 0.29) is 12.1 Å². The minimum atomic E-state index is 0.0901. The highest BCUT2D eigenvalue weighted by Gasteiger charge is 2.27. The number of aromatic nitrogens is 2. The maximum absolute atomic E-state index is 12.5. The molecule has 0 radical (unpaired) electrons. The van der Waals surface area contributed by atoms with Gasteiger partial charge in [-0.2, -0.15) is 0 Å². The molecule has 0 aliphatic carbocycles. The smallest absolute Gasteiger partial charge is 0.224 e. The van der Waals surface area contributed by atoms with Gasteiger partial charge in [0.05, 0.1) is 18.2 Å². The molecule has 2 saturated heterocycles. The summed E-state index contributed by atoms with van der Waals surface area (Å²) in [5, 5.41) is 3.66. The normalized spacial score (nSPS) is 26.2. The summed E-state index contributed by atoms with van der Waals surface area (Å²) in [4.78, 5) is 18.8. The van der Waals surface area contributed by atoms with E-state index in [9.17, 15) is 4.79 Å². The molecule has 0 saturated carbocycles. The van der Waals surface area contributed by atoms with E-state index in [1.54, 1.807) is 0 Å². The second-order valence-electron chi connectivity index (χ2n) is 7.58. The first-order chi connectivity index (χ1) is 12.1. The summed E-state index contributed by atoms with van der Waals surface area (Å²) in [7, 11) is 2.01. The molecule has 0 aromatic carbocycles. The third-order valence-electron chi connectivity index (χ3n) is 5.43. The fourth-order valence-electron chi connectivity index (χ4n) is 4.00. The molecule has 3 heterocycles. The Kier molecular flexibility index (Phi) is 6.48. The van der Waals surface area contributed by atoms with Crippen molar-refractivity contribution in [1.82, 2.24) is 19.8 Å². The third-order valence-corrected chi connectivity index (χ3v) is 5.43. The predicted molar refractivity (Wildman–Crippen MR) is 97.2 cm³/mol. The van der Waals surface area contributed by atoms with Gasteiger partial charge in [-0.05, 0) is 32.6 Å². The fourth-order valence-corrected chi connectivity index (χ4v) is 4.00. The molecule has 2 aliphatic heterocycles. The van der Waals surface area contributed by atoms with Crippen LogP contribution in [-0.4, -0.2) is 52.1 Å². The Morgan fingerprint density at radius 3 is 2.80 bits per heavy atom. The molecule has 3 rings (SSSR count). The van der Waals surface area contributed by atoms with Crippen LogP contribution in [0.4, 0.5) is 0 Å². The van der Waals surface area contributed by atoms with Crippen LogP contribution in [0.2, 0.25) is 0 Å². The van der Waals surface area contributed by atoms with E-state index in [0.29, 0.717) is 18.4 Å². The van der Waals surface area contributed by atoms with Crippen molar-refractivity contribution >= 4 is 5.91 Å². The van der Waals surface area contributed by atoms with Gasteiger partial charge in [0.2, 0.25) is 5.91 Å². The lowest BCUT2D eigenvalue weighted by Crippen LogP contribution is -2.44. The number of nitrogens with zero attached hydrogens (tertiary/aromatic N) is 3. The summed E-state index contributed by atoms with van der Waals surface area (Å²) in [6, 6.07) is 0.589. The van der Waals surface area contributed by atoms with Crippen LogP contribution in [0.3, 0.4) is 0 Å². The van der Waals surface area contributed by atoms with Crippen LogP contribution in [-0.2, 0) is 16.6 Å². The SMILES string of the molecule is C[C@H](CC(=O)N1CCCCCC1)N[C@H]1CCO[C@H](c2cncn2C)C1. The van der Waals surface area contributed by atoms with Gasteiger partial charge in [-0.3, -0.25) is 4.79 Å². The Morgan fingerprint density at radius 2 is 2.12 bits per heavy atom. The molecule has 3 atom stereocenters. The number of imidazole rings is 1. The van der Waals surface area contributed by atoms with Crippen LogP contribution >= 0.6 is 0 Å². The molecule has 0 bridgehead atoms. The molecular weight excluding hydrogens is 316 g/mol. The zero-order valence-corrected chi connectivity index (χ0v) is 15.6. The molecular formula is C19H32N4O2. The number of ether oxygens (including phenoxy) is 1. The van der Waals surface area contributed by atoms with Gasteiger partial charge in [-0.25, -0.2) is 4.98 Å². The number of carbonyl (C=O) groups is 1. The summed E-state index contributed by atoms with van der Waals surface area (Å²) in [5.74, 6) is 0.303. The molecule has 1 aromatic rings. The Balaban J connectivity index is 1.47. The summed E-state index contributed by atoms with van der Waals surface area (Å²) >= 11 is 0. The summed E-state index contributed by atoms with van der Waals surface area (Å²) in [6.45, 7) is 4.75. The maximum Gasteiger partial charge on any atom is 0.224 e. The van der Waals surface area contributed by atoms with Gasteiger partial charge in [-0.1, -0.05) is 12.8 Å². The molecule has 6 nitrogen and oxygen atoms in total. The molecule has 1 N–H and O–H groups in total. The first-order valence-corrected chi connectivity index (χ1v) is 9.75. The minimum absolute atomic E-state index is 0.0901. The zero-order valence-electron chi connectivity index (χ0n) is 15.6. The van der Waals surface area contributed by atoms with Crippen molar-refractivity contribution in [3.05, 3.63) is 18.2 Å². The van der Waals surface area contributed by atoms with E-state index in [1.807, 2.05) is 24.1 Å². The Bertz CT molecular complexity index is 551. The van der Waals surface area contributed by atoms with Gasteiger partial charge in [0.1, 0.15) is 6.10 Å². The van der Waals surface area contributed by atoms with Crippen LogP contribution in [0.1, 0.15) is 63.7 Å². The molecule has 140 valence electrons. The lowest BCUT2D eigenvalue weighted by Gasteiger charge is -2.32. The molecule has 0 spiro atoms. The molecule has 25 heavy (non-hydrogen) atoms. The van der Waals surface area contributed by atoms with E-state index in [2.05, 4.69) is 22.1 Å². The number of hydrogen-bond acceptors (Lipinski definition) is 4. The van der Waals surface area contributed by atoms with E-state index in [0.717, 1.165) is 51.1 Å². The van der Waals surface area contributed by atoms with Crippen LogP contribution in [0.25, 0.3) is 0 Å². The standard InChI is InChI=1S/C19H32N4O2/c1-15(11-19(24)23-8-5-3-4-6-9-23)21-16-7-10-25-18(12-16)17-13-20-14-22(17)2/h13-16,18,21H,3-12H2,1-2H3/t15-,16+,18+/m1/s1. The van der Waals surface area contributed by atoms with Crippen molar-refractivity contribution in [2.24, 2.45) is 7.05 Å². The van der Waals surface area contributed by atoms with Crippen LogP contribution < -0.4 is 5.32 Å². The predicted octanol–water partition coefficient (Wildman–Crippen LogP) is 2.41. The maximum atomic E-state index is 12.5. The van der Waals surface area contributed by atoms with Crippen LogP contribution in [0.15, 0.2) is 12.5 Å². The Hall–Kier alpha value is -1.40. The van der Waals surface area contributed by atoms with E-state index < -0.39 is 0 Å². The van der Waals surface area contributed by atoms with Crippen molar-refractivity contribution < 1.29 is 9.53 Å². The number of rotatable bonds is 5. The Labute approximate surface area is 150 Å². The van der Waals surface area contributed by atoms with Gasteiger partial charge in [0, 0.05) is 45.2 Å². The molecule has 0 unspecified atom stereocenters. The number of likely N-dealkylation sites (tertiary alicyclic amines) is 1. The van der Waals surface area contributed by atoms with E-state index in [4.69, 9.17) is 4.74 Å². The van der Waals surface area contributed by atoms with Crippen molar-refractivity contribution in [3.63, 3.8) is 0 Å². The number of amides is 1. The number of carbonyl (C=O) groups excluding carboxylic acids is 1. The lowest BCUT2D eigenvalue weighted by atomic mass is 10.00. The second-order valence-corrected chi connectivity index (χ2v) is 7.58. The summed E-state index contributed by atoms with van der Waals surface area (Å²) in [6.07, 6.45) is 11.1. The van der Waals surface area contributed by atoms with Crippen LogP contribution in [0.5, 0.6) is 0 Å². The first kappa shape index (κ1) is 18.4. The molecule has 1 amide bonds. The van der Waals surface area contributed by atoms with Crippen LogP contribution in [0, 0.1) is 0 Å². The topological polar surface area (TPSA) is 59.4 Å². The fraction of sp³-hybridized carbons (Fsp3) is 0.789. The number of nitrogens with one attached hydrogen (secondary N) is 1. The highest BCUT2D eigenvalue weighted by Crippen LogP contribution is 2.28. The summed E-state index contributed by atoms with van der Waals surface area (Å²) < 4.78 is 7.96. The lowest BCUT2D eigenvalue weighted by molar-refractivity contribution is -0.131. The minimum Gasteiger partial charge on any atom is -0.372 e. The zero-order chi connectivity index (χ0) is 17.6. The quantitative estimate of drug-likeness (QED) is 0.888. The molecule has 6 heteroatoms. The monoisotopic (exact) mass is 348 g/mol.